The normalized spacial score (nSPS) is 12.8. The van der Waals surface area contributed by atoms with E-state index < -0.39 is 0 Å². The van der Waals surface area contributed by atoms with E-state index in [1.807, 2.05) is 12.1 Å². The number of benzene rings is 1. The van der Waals surface area contributed by atoms with Crippen LogP contribution in [0.2, 0.25) is 10.0 Å². The molecule has 5 heteroatoms. The standard InChI is InChI=1S/C11H16Cl2N2O/c1-16-5-4-9(15-14)6-8-2-3-10(12)11(13)7-8/h2-3,7,9,15H,4-6,14H2,1H3. The molecule has 0 saturated heterocycles. The van der Waals surface area contributed by atoms with E-state index >= 15 is 0 Å². The molecule has 90 valence electrons. The first-order chi connectivity index (χ1) is 7.67. The number of ether oxygens (including phenoxy) is 1. The van der Waals surface area contributed by atoms with E-state index in [2.05, 4.69) is 5.43 Å². The molecule has 0 spiro atoms. The molecule has 1 rings (SSSR count). The van der Waals surface area contributed by atoms with Gasteiger partial charge in [0, 0.05) is 19.8 Å². The summed E-state index contributed by atoms with van der Waals surface area (Å²) in [6.45, 7) is 0.677. The van der Waals surface area contributed by atoms with Crippen molar-refractivity contribution in [3.8, 4) is 0 Å². The van der Waals surface area contributed by atoms with E-state index in [4.69, 9.17) is 33.8 Å². The third-order valence-corrected chi connectivity index (χ3v) is 3.11. The van der Waals surface area contributed by atoms with Gasteiger partial charge in [-0.25, -0.2) is 0 Å². The Bertz CT molecular complexity index is 334. The Balaban J connectivity index is 2.59. The largest absolute Gasteiger partial charge is 0.385 e. The van der Waals surface area contributed by atoms with Crippen molar-refractivity contribution in [2.45, 2.75) is 18.9 Å². The van der Waals surface area contributed by atoms with Crippen LogP contribution in [0.5, 0.6) is 0 Å². The molecule has 1 aromatic carbocycles. The maximum atomic E-state index is 5.94. The number of rotatable bonds is 6. The van der Waals surface area contributed by atoms with Crippen LogP contribution < -0.4 is 11.3 Å². The summed E-state index contributed by atoms with van der Waals surface area (Å²) >= 11 is 11.8. The molecule has 0 saturated carbocycles. The predicted octanol–water partition coefficient (Wildman–Crippen LogP) is 2.40. The molecular formula is C11H16Cl2N2O. The van der Waals surface area contributed by atoms with Gasteiger partial charge in [-0.15, -0.1) is 0 Å². The zero-order valence-electron chi connectivity index (χ0n) is 9.17. The lowest BCUT2D eigenvalue weighted by Crippen LogP contribution is -2.37. The van der Waals surface area contributed by atoms with Crippen LogP contribution in [-0.2, 0) is 11.2 Å². The quantitative estimate of drug-likeness (QED) is 0.612. The number of hydrazine groups is 1. The molecule has 1 atom stereocenters. The van der Waals surface area contributed by atoms with Crippen molar-refractivity contribution < 1.29 is 4.74 Å². The molecule has 0 heterocycles. The third kappa shape index (κ3) is 4.28. The number of hydrogen-bond acceptors (Lipinski definition) is 3. The van der Waals surface area contributed by atoms with E-state index in [0.29, 0.717) is 16.7 Å². The minimum Gasteiger partial charge on any atom is -0.385 e. The van der Waals surface area contributed by atoms with Gasteiger partial charge in [0.1, 0.15) is 0 Å². The fourth-order valence-electron chi connectivity index (χ4n) is 1.46. The van der Waals surface area contributed by atoms with E-state index in [9.17, 15) is 0 Å². The highest BCUT2D eigenvalue weighted by molar-refractivity contribution is 6.42. The Morgan fingerprint density at radius 1 is 1.38 bits per heavy atom. The molecule has 0 fully saturated rings. The Labute approximate surface area is 106 Å². The molecule has 3 N–H and O–H groups in total. The maximum absolute atomic E-state index is 5.94. The van der Waals surface area contributed by atoms with Gasteiger partial charge >= 0.3 is 0 Å². The molecule has 0 aliphatic rings. The molecular weight excluding hydrogens is 247 g/mol. The SMILES string of the molecule is COCCC(Cc1ccc(Cl)c(Cl)c1)NN. The van der Waals surface area contributed by atoms with Gasteiger partial charge in [0.2, 0.25) is 0 Å². The second-order valence-corrected chi connectivity index (χ2v) is 4.41. The van der Waals surface area contributed by atoms with Crippen LogP contribution in [0.1, 0.15) is 12.0 Å². The van der Waals surface area contributed by atoms with Gasteiger partial charge in [-0.1, -0.05) is 29.3 Å². The van der Waals surface area contributed by atoms with Crippen molar-refractivity contribution in [2.75, 3.05) is 13.7 Å². The monoisotopic (exact) mass is 262 g/mol. The molecule has 0 amide bonds. The summed E-state index contributed by atoms with van der Waals surface area (Å²) in [6, 6.07) is 5.78. The zero-order valence-corrected chi connectivity index (χ0v) is 10.7. The van der Waals surface area contributed by atoms with Crippen molar-refractivity contribution in [3.05, 3.63) is 33.8 Å². The summed E-state index contributed by atoms with van der Waals surface area (Å²) in [5.41, 5.74) is 3.87. The number of nitrogens with one attached hydrogen (secondary N) is 1. The third-order valence-electron chi connectivity index (χ3n) is 2.37. The van der Waals surface area contributed by atoms with Crippen LogP contribution >= 0.6 is 23.2 Å². The smallest absolute Gasteiger partial charge is 0.0595 e. The highest BCUT2D eigenvalue weighted by Gasteiger charge is 2.08. The lowest BCUT2D eigenvalue weighted by atomic mass is 10.0. The first-order valence-corrected chi connectivity index (χ1v) is 5.82. The Hall–Kier alpha value is -0.320. The Morgan fingerprint density at radius 3 is 2.69 bits per heavy atom. The number of halogens is 2. The van der Waals surface area contributed by atoms with Crippen LogP contribution in [0.3, 0.4) is 0 Å². The highest BCUT2D eigenvalue weighted by atomic mass is 35.5. The molecule has 0 radical (unpaired) electrons. The fraction of sp³-hybridized carbons (Fsp3) is 0.455. The van der Waals surface area contributed by atoms with Gasteiger partial charge in [0.05, 0.1) is 10.0 Å². The topological polar surface area (TPSA) is 47.3 Å². The Morgan fingerprint density at radius 2 is 2.12 bits per heavy atom. The van der Waals surface area contributed by atoms with Gasteiger partial charge in [-0.3, -0.25) is 11.3 Å². The van der Waals surface area contributed by atoms with E-state index in [1.54, 1.807) is 13.2 Å². The number of nitrogens with two attached hydrogens (primary N) is 1. The molecule has 1 aromatic rings. The van der Waals surface area contributed by atoms with Crippen LogP contribution in [0.4, 0.5) is 0 Å². The second kappa shape index (κ2) is 7.09. The second-order valence-electron chi connectivity index (χ2n) is 3.60. The fourth-order valence-corrected chi connectivity index (χ4v) is 1.78. The molecule has 3 nitrogen and oxygen atoms in total. The van der Waals surface area contributed by atoms with Gasteiger partial charge < -0.3 is 4.74 Å². The van der Waals surface area contributed by atoms with Crippen molar-refractivity contribution in [1.29, 1.82) is 0 Å². The molecule has 0 aliphatic heterocycles. The summed E-state index contributed by atoms with van der Waals surface area (Å²) in [7, 11) is 1.67. The Kier molecular flexibility index (Phi) is 6.09. The number of hydrogen-bond donors (Lipinski definition) is 2. The molecule has 0 bridgehead atoms. The predicted molar refractivity (Wildman–Crippen MR) is 67.8 cm³/mol. The highest BCUT2D eigenvalue weighted by Crippen LogP contribution is 2.23. The van der Waals surface area contributed by atoms with Crippen molar-refractivity contribution >= 4 is 23.2 Å². The molecule has 16 heavy (non-hydrogen) atoms. The van der Waals surface area contributed by atoms with E-state index in [-0.39, 0.29) is 6.04 Å². The van der Waals surface area contributed by atoms with Crippen molar-refractivity contribution in [3.63, 3.8) is 0 Å². The van der Waals surface area contributed by atoms with Crippen LogP contribution in [0, 0.1) is 0 Å². The lowest BCUT2D eigenvalue weighted by Gasteiger charge is -2.15. The summed E-state index contributed by atoms with van der Waals surface area (Å²) in [5, 5.41) is 1.14. The summed E-state index contributed by atoms with van der Waals surface area (Å²) in [5.74, 6) is 5.46. The van der Waals surface area contributed by atoms with Crippen LogP contribution in [0.15, 0.2) is 18.2 Å². The van der Waals surface area contributed by atoms with Crippen molar-refractivity contribution in [1.82, 2.24) is 5.43 Å². The molecule has 1 unspecified atom stereocenters. The minimum atomic E-state index is 0.178. The maximum Gasteiger partial charge on any atom is 0.0595 e. The zero-order chi connectivity index (χ0) is 12.0. The van der Waals surface area contributed by atoms with Gasteiger partial charge in [0.15, 0.2) is 0 Å². The van der Waals surface area contributed by atoms with Gasteiger partial charge in [-0.2, -0.15) is 0 Å². The van der Waals surface area contributed by atoms with Gasteiger partial charge in [0.25, 0.3) is 0 Å². The summed E-state index contributed by atoms with van der Waals surface area (Å²) in [6.07, 6.45) is 1.66. The number of methoxy groups -OCH3 is 1. The van der Waals surface area contributed by atoms with Crippen LogP contribution in [0.25, 0.3) is 0 Å². The van der Waals surface area contributed by atoms with Crippen molar-refractivity contribution in [2.24, 2.45) is 5.84 Å². The van der Waals surface area contributed by atoms with E-state index in [1.165, 1.54) is 0 Å². The first kappa shape index (κ1) is 13.7. The lowest BCUT2D eigenvalue weighted by molar-refractivity contribution is 0.182. The van der Waals surface area contributed by atoms with Gasteiger partial charge in [-0.05, 0) is 30.5 Å². The molecule has 0 aromatic heterocycles. The first-order valence-electron chi connectivity index (χ1n) is 5.06. The minimum absolute atomic E-state index is 0.178. The summed E-state index contributed by atoms with van der Waals surface area (Å²) < 4.78 is 5.01. The average molecular weight is 263 g/mol. The average Bonchev–Trinajstić information content (AvgIpc) is 2.29. The van der Waals surface area contributed by atoms with E-state index in [0.717, 1.165) is 18.4 Å². The van der Waals surface area contributed by atoms with Crippen LogP contribution in [-0.4, -0.2) is 19.8 Å². The molecule has 0 aliphatic carbocycles. The summed E-state index contributed by atoms with van der Waals surface area (Å²) in [4.78, 5) is 0.